The molecule has 23 heavy (non-hydrogen) atoms. The molecule has 0 saturated carbocycles. The van der Waals surface area contributed by atoms with E-state index in [1.165, 1.54) is 0 Å². The number of hydrogen-bond donors (Lipinski definition) is 1. The molecule has 1 rings (SSSR count). The van der Waals surface area contributed by atoms with Crippen LogP contribution in [-0.4, -0.2) is 35.6 Å². The van der Waals surface area contributed by atoms with Gasteiger partial charge >= 0.3 is 7.60 Å². The lowest BCUT2D eigenvalue weighted by atomic mass is 10.1. The number of benzene rings is 1. The van der Waals surface area contributed by atoms with Gasteiger partial charge in [0.1, 0.15) is 0 Å². The van der Waals surface area contributed by atoms with Crippen LogP contribution in [0.2, 0.25) is 0 Å². The van der Waals surface area contributed by atoms with Crippen molar-refractivity contribution >= 4 is 42.4 Å². The predicted molar refractivity (Wildman–Crippen MR) is 98.0 cm³/mol. The molecule has 0 fully saturated rings. The number of nitrogens with one attached hydrogen (secondary N) is 1. The van der Waals surface area contributed by atoms with E-state index in [1.807, 2.05) is 44.2 Å². The van der Waals surface area contributed by atoms with E-state index in [1.54, 1.807) is 0 Å². The monoisotopic (exact) mass is 401 g/mol. The molecule has 0 spiro atoms. The highest BCUT2D eigenvalue weighted by Crippen LogP contribution is 2.58. The van der Waals surface area contributed by atoms with Crippen LogP contribution >= 0.6 is 42.4 Å². The van der Waals surface area contributed by atoms with Crippen molar-refractivity contribution in [1.82, 2.24) is 5.32 Å². The van der Waals surface area contributed by atoms with Crippen LogP contribution in [-0.2, 0) is 20.2 Å². The van der Waals surface area contributed by atoms with Crippen LogP contribution in [0.3, 0.4) is 0 Å². The molecular formula is C15H23Cl3NO3P. The predicted octanol–water partition coefficient (Wildman–Crippen LogP) is 4.82. The molecule has 0 saturated heterocycles. The van der Waals surface area contributed by atoms with E-state index < -0.39 is 18.3 Å². The lowest BCUT2D eigenvalue weighted by Crippen LogP contribution is -2.47. The first-order valence-electron chi connectivity index (χ1n) is 7.29. The molecule has 0 aliphatic heterocycles. The summed E-state index contributed by atoms with van der Waals surface area (Å²) in [6.07, 6.45) is 0. The number of halogens is 3. The molecule has 0 aliphatic carbocycles. The van der Waals surface area contributed by atoms with Crippen LogP contribution in [0.5, 0.6) is 0 Å². The van der Waals surface area contributed by atoms with Crippen molar-refractivity contribution in [2.24, 2.45) is 0 Å². The second kappa shape index (κ2) is 10.2. The molecule has 1 atom stereocenters. The Hall–Kier alpha value is 0.200. The van der Waals surface area contributed by atoms with Crippen molar-refractivity contribution in [2.75, 3.05) is 25.0 Å². The molecule has 0 bridgehead atoms. The Morgan fingerprint density at radius 2 is 1.65 bits per heavy atom. The van der Waals surface area contributed by atoms with Crippen LogP contribution in [0.4, 0.5) is 0 Å². The molecule has 1 aromatic rings. The Morgan fingerprint density at radius 3 is 2.13 bits per heavy atom. The third kappa shape index (κ3) is 6.91. The summed E-state index contributed by atoms with van der Waals surface area (Å²) in [4.78, 5) is 0. The number of hydrogen-bond acceptors (Lipinski definition) is 4. The second-order valence-electron chi connectivity index (χ2n) is 5.48. The van der Waals surface area contributed by atoms with Crippen molar-refractivity contribution in [3.8, 4) is 0 Å². The fraction of sp³-hybridized carbons (Fsp3) is 0.600. The zero-order valence-electron chi connectivity index (χ0n) is 13.3. The van der Waals surface area contributed by atoms with Gasteiger partial charge in [-0.05, 0) is 19.4 Å². The summed E-state index contributed by atoms with van der Waals surface area (Å²) in [7, 11) is -3.55. The zero-order chi connectivity index (χ0) is 17.3. The highest BCUT2D eigenvalue weighted by atomic mass is 35.5. The molecule has 0 aliphatic rings. The van der Waals surface area contributed by atoms with Crippen molar-refractivity contribution in [1.29, 1.82) is 0 Å². The Morgan fingerprint density at radius 1 is 1.13 bits per heavy atom. The molecule has 0 radical (unpaired) electrons. The Balaban J connectivity index is 2.78. The molecule has 0 amide bonds. The smallest absolute Gasteiger partial charge is 0.306 e. The van der Waals surface area contributed by atoms with Crippen molar-refractivity contribution in [2.45, 2.75) is 31.0 Å². The summed E-state index contributed by atoms with van der Waals surface area (Å²) in [6, 6.07) is 9.87. The molecule has 1 unspecified atom stereocenters. The first-order valence-corrected chi connectivity index (χ1v) is 10.4. The van der Waals surface area contributed by atoms with Gasteiger partial charge in [0.15, 0.2) is 5.12 Å². The van der Waals surface area contributed by atoms with E-state index in [4.69, 9.17) is 43.9 Å². The number of alkyl halides is 3. The first-order chi connectivity index (χ1) is 10.9. The lowest BCUT2D eigenvalue weighted by molar-refractivity contribution is 0.208. The molecule has 0 heterocycles. The number of rotatable bonds is 11. The summed E-state index contributed by atoms with van der Waals surface area (Å²) in [5, 5.41) is 2.42. The van der Waals surface area contributed by atoms with Gasteiger partial charge in [0, 0.05) is 23.8 Å². The summed E-state index contributed by atoms with van der Waals surface area (Å²) in [5.41, 5.74) is 0.411. The van der Waals surface area contributed by atoms with Gasteiger partial charge in [0.25, 0.3) is 0 Å². The van der Waals surface area contributed by atoms with Gasteiger partial charge in [-0.1, -0.05) is 30.3 Å². The van der Waals surface area contributed by atoms with Crippen LogP contribution in [0.15, 0.2) is 30.3 Å². The third-order valence-electron chi connectivity index (χ3n) is 3.16. The summed E-state index contributed by atoms with van der Waals surface area (Å²) < 4.78 is 23.7. The topological polar surface area (TPSA) is 47.6 Å². The minimum Gasteiger partial charge on any atom is -0.306 e. The Bertz CT molecular complexity index is 490. The van der Waals surface area contributed by atoms with Crippen LogP contribution in [0, 0.1) is 0 Å². The first kappa shape index (κ1) is 21.2. The van der Waals surface area contributed by atoms with E-state index in [0.29, 0.717) is 6.54 Å². The van der Waals surface area contributed by atoms with Gasteiger partial charge in [-0.3, -0.25) is 4.57 Å². The zero-order valence-corrected chi connectivity index (χ0v) is 16.5. The second-order valence-corrected chi connectivity index (χ2v) is 9.09. The average Bonchev–Trinajstić information content (AvgIpc) is 2.56. The highest BCUT2D eigenvalue weighted by molar-refractivity contribution is 7.56. The van der Waals surface area contributed by atoms with Gasteiger partial charge in [-0.2, -0.15) is 0 Å². The van der Waals surface area contributed by atoms with Crippen LogP contribution < -0.4 is 5.32 Å². The van der Waals surface area contributed by atoms with Crippen molar-refractivity contribution in [3.05, 3.63) is 35.9 Å². The van der Waals surface area contributed by atoms with Crippen LogP contribution in [0.25, 0.3) is 0 Å². The van der Waals surface area contributed by atoms with E-state index in [-0.39, 0.29) is 25.0 Å². The van der Waals surface area contributed by atoms with Crippen molar-refractivity contribution < 1.29 is 13.6 Å². The molecule has 132 valence electrons. The highest BCUT2D eigenvalue weighted by Gasteiger charge is 2.44. The Kier molecular flexibility index (Phi) is 9.47. The van der Waals surface area contributed by atoms with Gasteiger partial charge in [-0.25, -0.2) is 0 Å². The van der Waals surface area contributed by atoms with Crippen LogP contribution in [0.1, 0.15) is 19.4 Å². The largest absolute Gasteiger partial charge is 0.350 e. The fourth-order valence-corrected chi connectivity index (χ4v) is 4.59. The minimum atomic E-state index is -3.55. The van der Waals surface area contributed by atoms with E-state index in [2.05, 4.69) is 5.32 Å². The Labute approximate surface area is 153 Å². The maximum Gasteiger partial charge on any atom is 0.350 e. The minimum absolute atomic E-state index is 0.0963. The molecule has 0 aromatic heterocycles. The molecule has 8 heteroatoms. The standard InChI is InChI=1S/C15H23Cl3NO3P/c1-15(2,19-12-13-6-4-3-5-7-13)14(18)23(20,21-10-8-16)22-11-9-17/h3-7,14,19H,8-12H2,1-2H3. The summed E-state index contributed by atoms with van der Waals surface area (Å²) in [5.74, 6) is 0.408. The van der Waals surface area contributed by atoms with E-state index in [9.17, 15) is 4.57 Å². The maximum atomic E-state index is 13.0. The third-order valence-corrected chi connectivity index (χ3v) is 7.02. The quantitative estimate of drug-likeness (QED) is 0.426. The normalized spacial score (nSPS) is 14.0. The SMILES string of the molecule is CC(C)(NCc1ccccc1)C(Cl)P(=O)(OCCCl)OCCCl. The van der Waals surface area contributed by atoms with Gasteiger partial charge in [0.05, 0.1) is 13.2 Å². The van der Waals surface area contributed by atoms with E-state index in [0.717, 1.165) is 5.56 Å². The summed E-state index contributed by atoms with van der Waals surface area (Å²) in [6.45, 7) is 4.49. The molecule has 1 N–H and O–H groups in total. The molecule has 4 nitrogen and oxygen atoms in total. The van der Waals surface area contributed by atoms with Gasteiger partial charge in [-0.15, -0.1) is 34.8 Å². The fourth-order valence-electron chi connectivity index (χ4n) is 1.90. The lowest BCUT2D eigenvalue weighted by Gasteiger charge is -2.35. The van der Waals surface area contributed by atoms with Crippen molar-refractivity contribution in [3.63, 3.8) is 0 Å². The van der Waals surface area contributed by atoms with Gasteiger partial charge in [0.2, 0.25) is 0 Å². The molecular weight excluding hydrogens is 380 g/mol. The van der Waals surface area contributed by atoms with E-state index >= 15 is 0 Å². The summed E-state index contributed by atoms with van der Waals surface area (Å²) >= 11 is 17.7. The van der Waals surface area contributed by atoms with Gasteiger partial charge < -0.3 is 14.4 Å². The molecule has 1 aromatic carbocycles. The average molecular weight is 403 g/mol. The maximum absolute atomic E-state index is 13.0.